The summed E-state index contributed by atoms with van der Waals surface area (Å²) < 4.78 is 30.2. The SMILES string of the molecule is CC(C)(C)OC(=O)N1CC(c2nnc(C34CC(NC(=O)COc5ccc(Cl)c(F)c5)(C3)C4)o2)C1. The van der Waals surface area contributed by atoms with Crippen LogP contribution in [0.2, 0.25) is 5.02 Å². The summed E-state index contributed by atoms with van der Waals surface area (Å²) in [4.78, 5) is 26.0. The van der Waals surface area contributed by atoms with Gasteiger partial charge in [-0.05, 0) is 52.2 Å². The minimum absolute atomic E-state index is 0.00201. The Kier molecular flexibility index (Phi) is 5.27. The minimum atomic E-state index is -0.598. The number of halogens is 2. The van der Waals surface area contributed by atoms with Crippen LogP contribution in [0.25, 0.3) is 0 Å². The van der Waals surface area contributed by atoms with Crippen LogP contribution < -0.4 is 10.1 Å². The van der Waals surface area contributed by atoms with Crippen LogP contribution in [0.3, 0.4) is 0 Å². The van der Waals surface area contributed by atoms with Gasteiger partial charge in [0.1, 0.15) is 17.2 Å². The van der Waals surface area contributed by atoms with Crippen molar-refractivity contribution in [3.63, 3.8) is 0 Å². The van der Waals surface area contributed by atoms with Crippen LogP contribution in [0.4, 0.5) is 9.18 Å². The molecule has 0 unspecified atom stereocenters. The minimum Gasteiger partial charge on any atom is -0.484 e. The molecule has 9 nitrogen and oxygen atoms in total. The number of aromatic nitrogens is 2. The molecule has 0 radical (unpaired) electrons. The van der Waals surface area contributed by atoms with Crippen molar-refractivity contribution in [2.45, 2.75) is 62.5 Å². The summed E-state index contributed by atoms with van der Waals surface area (Å²) in [5.41, 5.74) is -1.02. The zero-order valence-electron chi connectivity index (χ0n) is 19.2. The van der Waals surface area contributed by atoms with Crippen molar-refractivity contribution in [2.24, 2.45) is 0 Å². The number of hydrogen-bond donors (Lipinski definition) is 1. The third-order valence-electron chi connectivity index (χ3n) is 6.47. The van der Waals surface area contributed by atoms with Crippen LogP contribution in [0, 0.1) is 5.82 Å². The number of likely N-dealkylation sites (tertiary alicyclic amines) is 1. The number of hydrogen-bond acceptors (Lipinski definition) is 7. The Balaban J connectivity index is 1.08. The lowest BCUT2D eigenvalue weighted by atomic mass is 9.39. The molecule has 3 saturated carbocycles. The van der Waals surface area contributed by atoms with E-state index < -0.39 is 11.4 Å². The molecule has 1 N–H and O–H groups in total. The highest BCUT2D eigenvalue weighted by atomic mass is 35.5. The Bertz CT molecular complexity index is 1120. The Morgan fingerprint density at radius 1 is 1.26 bits per heavy atom. The first-order valence-corrected chi connectivity index (χ1v) is 11.5. The van der Waals surface area contributed by atoms with Gasteiger partial charge in [-0.3, -0.25) is 4.79 Å². The molecular formula is C23H26ClFN4O5. The highest BCUT2D eigenvalue weighted by molar-refractivity contribution is 6.30. The monoisotopic (exact) mass is 492 g/mol. The fraction of sp³-hybridized carbons (Fsp3) is 0.565. The summed E-state index contributed by atoms with van der Waals surface area (Å²) >= 11 is 5.65. The Morgan fingerprint density at radius 3 is 2.62 bits per heavy atom. The van der Waals surface area contributed by atoms with Gasteiger partial charge in [-0.25, -0.2) is 9.18 Å². The highest BCUT2D eigenvalue weighted by Gasteiger charge is 2.72. The van der Waals surface area contributed by atoms with Crippen LogP contribution in [0.15, 0.2) is 22.6 Å². The van der Waals surface area contributed by atoms with Crippen LogP contribution in [-0.4, -0.2) is 57.9 Å². The van der Waals surface area contributed by atoms with Gasteiger partial charge in [-0.1, -0.05) is 11.6 Å². The van der Waals surface area contributed by atoms with Gasteiger partial charge in [0, 0.05) is 24.7 Å². The normalized spacial score (nSPS) is 25.6. The fourth-order valence-corrected chi connectivity index (χ4v) is 5.04. The molecule has 1 aliphatic heterocycles. The van der Waals surface area contributed by atoms with E-state index in [2.05, 4.69) is 15.5 Å². The topological polar surface area (TPSA) is 107 Å². The van der Waals surface area contributed by atoms with E-state index in [4.69, 9.17) is 25.5 Å². The van der Waals surface area contributed by atoms with E-state index in [0.717, 1.165) is 25.3 Å². The van der Waals surface area contributed by atoms with Gasteiger partial charge in [-0.15, -0.1) is 10.2 Å². The maximum atomic E-state index is 13.5. The van der Waals surface area contributed by atoms with Gasteiger partial charge in [0.25, 0.3) is 5.91 Å². The fourth-order valence-electron chi connectivity index (χ4n) is 4.92. The molecule has 3 aliphatic carbocycles. The second-order valence-electron chi connectivity index (χ2n) is 10.5. The first kappa shape index (κ1) is 22.9. The van der Waals surface area contributed by atoms with Crippen molar-refractivity contribution in [2.75, 3.05) is 19.7 Å². The summed E-state index contributed by atoms with van der Waals surface area (Å²) in [5, 5.41) is 11.4. The number of ether oxygens (including phenoxy) is 2. The number of amides is 2. The molecule has 4 fully saturated rings. The van der Waals surface area contributed by atoms with Crippen molar-refractivity contribution >= 4 is 23.6 Å². The van der Waals surface area contributed by atoms with E-state index in [1.165, 1.54) is 12.1 Å². The zero-order valence-corrected chi connectivity index (χ0v) is 19.9. The molecule has 11 heteroatoms. The van der Waals surface area contributed by atoms with E-state index in [-0.39, 0.29) is 46.3 Å². The van der Waals surface area contributed by atoms with Gasteiger partial charge in [0.05, 0.1) is 16.4 Å². The molecule has 34 heavy (non-hydrogen) atoms. The lowest BCUT2D eigenvalue weighted by molar-refractivity contribution is -0.143. The van der Waals surface area contributed by atoms with Crippen molar-refractivity contribution in [1.82, 2.24) is 20.4 Å². The predicted octanol–water partition coefficient (Wildman–Crippen LogP) is 3.57. The van der Waals surface area contributed by atoms with E-state index in [9.17, 15) is 14.0 Å². The van der Waals surface area contributed by atoms with E-state index in [0.29, 0.717) is 24.9 Å². The van der Waals surface area contributed by atoms with Gasteiger partial charge in [0.15, 0.2) is 6.61 Å². The molecule has 1 aromatic carbocycles. The van der Waals surface area contributed by atoms with Crippen LogP contribution in [0.5, 0.6) is 5.75 Å². The lowest BCUT2D eigenvalue weighted by Gasteiger charge is -2.68. The molecule has 182 valence electrons. The summed E-state index contributed by atoms with van der Waals surface area (Å²) in [6.45, 7) is 6.26. The molecular weight excluding hydrogens is 467 g/mol. The van der Waals surface area contributed by atoms with Gasteiger partial charge in [0.2, 0.25) is 11.8 Å². The molecule has 4 aliphatic rings. The predicted molar refractivity (Wildman–Crippen MR) is 118 cm³/mol. The molecule has 0 atom stereocenters. The number of rotatable bonds is 6. The number of nitrogens with one attached hydrogen (secondary N) is 1. The van der Waals surface area contributed by atoms with Gasteiger partial charge < -0.3 is 24.1 Å². The average Bonchev–Trinajstić information content (AvgIpc) is 3.11. The van der Waals surface area contributed by atoms with Crippen molar-refractivity contribution in [1.29, 1.82) is 0 Å². The summed E-state index contributed by atoms with van der Waals surface area (Å²) in [5.74, 6) is 0.490. The highest BCUT2D eigenvalue weighted by Crippen LogP contribution is 2.67. The van der Waals surface area contributed by atoms with Crippen LogP contribution in [-0.2, 0) is 14.9 Å². The molecule has 1 aromatic heterocycles. The number of carbonyl (C=O) groups is 2. The molecule has 2 aromatic rings. The maximum absolute atomic E-state index is 13.5. The first-order valence-electron chi connectivity index (χ1n) is 11.2. The summed E-state index contributed by atoms with van der Waals surface area (Å²) in [7, 11) is 0. The third kappa shape index (κ3) is 4.19. The number of nitrogens with zero attached hydrogens (tertiary/aromatic N) is 3. The maximum Gasteiger partial charge on any atom is 0.410 e. The molecule has 0 spiro atoms. The van der Waals surface area contributed by atoms with Crippen molar-refractivity contribution in [3.8, 4) is 5.75 Å². The van der Waals surface area contributed by atoms with Crippen LogP contribution in [0.1, 0.15) is 57.7 Å². The first-order chi connectivity index (χ1) is 16.0. The third-order valence-corrected chi connectivity index (χ3v) is 6.78. The largest absolute Gasteiger partial charge is 0.484 e. The second-order valence-corrected chi connectivity index (χ2v) is 10.9. The van der Waals surface area contributed by atoms with Gasteiger partial charge in [-0.2, -0.15) is 0 Å². The van der Waals surface area contributed by atoms with E-state index >= 15 is 0 Å². The van der Waals surface area contributed by atoms with Crippen molar-refractivity contribution in [3.05, 3.63) is 40.8 Å². The quantitative estimate of drug-likeness (QED) is 0.657. The molecule has 6 rings (SSSR count). The molecule has 2 bridgehead atoms. The lowest BCUT2D eigenvalue weighted by Crippen LogP contribution is -2.77. The average molecular weight is 493 g/mol. The van der Waals surface area contributed by atoms with E-state index in [1.54, 1.807) is 4.90 Å². The van der Waals surface area contributed by atoms with Gasteiger partial charge >= 0.3 is 6.09 Å². The Morgan fingerprint density at radius 2 is 1.97 bits per heavy atom. The number of benzene rings is 1. The van der Waals surface area contributed by atoms with Crippen LogP contribution >= 0.6 is 11.6 Å². The molecule has 1 saturated heterocycles. The molecule has 2 heterocycles. The van der Waals surface area contributed by atoms with Crippen molar-refractivity contribution < 1.29 is 27.9 Å². The second kappa shape index (κ2) is 7.83. The molecule has 2 amide bonds. The summed E-state index contributed by atoms with van der Waals surface area (Å²) in [6.07, 6.45) is 1.82. The summed E-state index contributed by atoms with van der Waals surface area (Å²) in [6, 6.07) is 4.04. The smallest absolute Gasteiger partial charge is 0.410 e. The van der Waals surface area contributed by atoms with E-state index in [1.807, 2.05) is 20.8 Å². The zero-order chi connectivity index (χ0) is 24.3. The number of carbonyl (C=O) groups excluding carboxylic acids is 2. The Hall–Kier alpha value is -2.88. The Labute approximate surface area is 200 Å². The standard InChI is InChI=1S/C23H26ClFN4O5/c1-21(2,3)34-20(31)29-7-13(8-29)18-27-28-19(33-18)22-10-23(11-22,12-22)26-17(30)9-32-14-4-5-15(24)16(25)6-14/h4-6,13H,7-12H2,1-3H3,(H,26,30).